The normalized spacial score (nSPS) is 10.8. The van der Waals surface area contributed by atoms with Gasteiger partial charge in [0.05, 0.1) is 10.6 Å². The Morgan fingerprint density at radius 1 is 1.13 bits per heavy atom. The van der Waals surface area contributed by atoms with Crippen molar-refractivity contribution in [2.45, 2.75) is 4.90 Å². The minimum absolute atomic E-state index is 0.129. The average Bonchev–Trinajstić information content (AvgIpc) is 2.59. The molecule has 23 heavy (non-hydrogen) atoms. The van der Waals surface area contributed by atoms with Gasteiger partial charge in [0.1, 0.15) is 0 Å². The predicted octanol–water partition coefficient (Wildman–Crippen LogP) is 2.43. The van der Waals surface area contributed by atoms with Gasteiger partial charge in [-0.15, -0.1) is 6.58 Å². The molecule has 2 aromatic carbocycles. The van der Waals surface area contributed by atoms with Gasteiger partial charge in [-0.3, -0.25) is 9.10 Å². The first kappa shape index (κ1) is 16.8. The van der Waals surface area contributed by atoms with E-state index in [9.17, 15) is 13.2 Å². The maximum Gasteiger partial charge on any atom is 0.264 e. The molecule has 120 valence electrons. The van der Waals surface area contributed by atoms with Crippen LogP contribution >= 0.6 is 0 Å². The summed E-state index contributed by atoms with van der Waals surface area (Å²) in [5.74, 6) is -0.273. The fourth-order valence-electron chi connectivity index (χ4n) is 1.98. The smallest absolute Gasteiger partial charge is 0.264 e. The minimum atomic E-state index is -3.67. The van der Waals surface area contributed by atoms with Gasteiger partial charge in [-0.05, 0) is 36.4 Å². The molecule has 0 bridgehead atoms. The second-order valence-corrected chi connectivity index (χ2v) is 6.80. The fourth-order valence-corrected chi connectivity index (χ4v) is 3.18. The topological polar surface area (TPSA) is 66.5 Å². The average molecular weight is 330 g/mol. The zero-order valence-electron chi connectivity index (χ0n) is 12.8. The molecule has 0 unspecified atom stereocenters. The Labute approximate surface area is 136 Å². The molecule has 2 aromatic rings. The van der Waals surface area contributed by atoms with Crippen LogP contribution in [-0.2, 0) is 10.0 Å². The van der Waals surface area contributed by atoms with E-state index in [0.29, 0.717) is 17.8 Å². The number of carbonyl (C=O) groups is 1. The molecule has 0 saturated carbocycles. The second kappa shape index (κ2) is 7.11. The van der Waals surface area contributed by atoms with Gasteiger partial charge in [0.25, 0.3) is 15.9 Å². The van der Waals surface area contributed by atoms with Crippen LogP contribution in [0.25, 0.3) is 0 Å². The molecule has 0 saturated heterocycles. The summed E-state index contributed by atoms with van der Waals surface area (Å²) in [6.07, 6.45) is 1.57. The standard InChI is InChI=1S/C17H18N2O3S/c1-3-13-18-17(20)14-9-11-16(12-10-14)23(21,22)19(2)15-7-5-4-6-8-15/h3-12H,1,13H2,2H3,(H,18,20). The molecule has 6 heteroatoms. The Morgan fingerprint density at radius 2 is 1.74 bits per heavy atom. The SMILES string of the molecule is C=CCNC(=O)c1ccc(S(=O)(=O)N(C)c2ccccc2)cc1. The molecule has 0 aliphatic heterocycles. The maximum absolute atomic E-state index is 12.6. The van der Waals surface area contributed by atoms with Gasteiger partial charge in [0, 0.05) is 19.2 Å². The molecule has 1 N–H and O–H groups in total. The highest BCUT2D eigenvalue weighted by atomic mass is 32.2. The van der Waals surface area contributed by atoms with E-state index in [-0.39, 0.29) is 10.8 Å². The van der Waals surface area contributed by atoms with Gasteiger partial charge >= 0.3 is 0 Å². The molecule has 5 nitrogen and oxygen atoms in total. The lowest BCUT2D eigenvalue weighted by atomic mass is 10.2. The summed E-state index contributed by atoms with van der Waals surface area (Å²) in [6.45, 7) is 3.88. The Kier molecular flexibility index (Phi) is 5.18. The minimum Gasteiger partial charge on any atom is -0.349 e. The lowest BCUT2D eigenvalue weighted by Crippen LogP contribution is -2.27. The summed E-state index contributed by atoms with van der Waals surface area (Å²) < 4.78 is 26.4. The fraction of sp³-hybridized carbons (Fsp3) is 0.118. The van der Waals surface area contributed by atoms with E-state index in [1.807, 2.05) is 6.07 Å². The number of hydrogen-bond donors (Lipinski definition) is 1. The lowest BCUT2D eigenvalue weighted by Gasteiger charge is -2.19. The van der Waals surface area contributed by atoms with Crippen LogP contribution in [0.5, 0.6) is 0 Å². The van der Waals surface area contributed by atoms with Crippen LogP contribution < -0.4 is 9.62 Å². The summed E-state index contributed by atoms with van der Waals surface area (Å²) in [5.41, 5.74) is 0.966. The maximum atomic E-state index is 12.6. The number of carbonyl (C=O) groups excluding carboxylic acids is 1. The summed E-state index contributed by atoms with van der Waals surface area (Å²) >= 11 is 0. The molecular formula is C17H18N2O3S. The molecule has 0 radical (unpaired) electrons. The summed E-state index contributed by atoms with van der Waals surface area (Å²) in [7, 11) is -2.17. The van der Waals surface area contributed by atoms with Gasteiger partial charge in [-0.25, -0.2) is 8.42 Å². The summed E-state index contributed by atoms with van der Waals surface area (Å²) in [4.78, 5) is 11.9. The second-order valence-electron chi connectivity index (χ2n) is 4.83. The van der Waals surface area contributed by atoms with Gasteiger partial charge in [-0.1, -0.05) is 24.3 Å². The number of anilines is 1. The van der Waals surface area contributed by atoms with Crippen LogP contribution in [0.1, 0.15) is 10.4 Å². The number of nitrogens with zero attached hydrogens (tertiary/aromatic N) is 1. The Balaban J connectivity index is 2.24. The van der Waals surface area contributed by atoms with Crippen LogP contribution in [0.2, 0.25) is 0 Å². The van der Waals surface area contributed by atoms with Crippen LogP contribution in [0.4, 0.5) is 5.69 Å². The van der Waals surface area contributed by atoms with Crippen molar-refractivity contribution in [1.82, 2.24) is 5.32 Å². The van der Waals surface area contributed by atoms with Crippen molar-refractivity contribution in [2.75, 3.05) is 17.9 Å². The first-order valence-electron chi connectivity index (χ1n) is 7.00. The van der Waals surface area contributed by atoms with Crippen LogP contribution in [0.3, 0.4) is 0 Å². The number of sulfonamides is 1. The van der Waals surface area contributed by atoms with E-state index in [0.717, 1.165) is 0 Å². The van der Waals surface area contributed by atoms with Gasteiger partial charge < -0.3 is 5.32 Å². The van der Waals surface area contributed by atoms with E-state index in [1.54, 1.807) is 30.3 Å². The zero-order chi connectivity index (χ0) is 16.9. The Morgan fingerprint density at radius 3 is 2.30 bits per heavy atom. The third kappa shape index (κ3) is 3.78. The van der Waals surface area contributed by atoms with Crippen molar-refractivity contribution in [1.29, 1.82) is 0 Å². The molecule has 1 amide bonds. The molecule has 0 spiro atoms. The third-order valence-electron chi connectivity index (χ3n) is 3.30. The highest BCUT2D eigenvalue weighted by molar-refractivity contribution is 7.92. The molecule has 0 atom stereocenters. The lowest BCUT2D eigenvalue weighted by molar-refractivity contribution is 0.0958. The van der Waals surface area contributed by atoms with E-state index in [1.165, 1.54) is 35.6 Å². The van der Waals surface area contributed by atoms with E-state index >= 15 is 0 Å². The van der Waals surface area contributed by atoms with Crippen LogP contribution in [0.15, 0.2) is 72.1 Å². The van der Waals surface area contributed by atoms with E-state index < -0.39 is 10.0 Å². The highest BCUT2D eigenvalue weighted by Crippen LogP contribution is 2.21. The highest BCUT2D eigenvalue weighted by Gasteiger charge is 2.21. The molecule has 2 rings (SSSR count). The predicted molar refractivity (Wildman–Crippen MR) is 91.0 cm³/mol. The quantitative estimate of drug-likeness (QED) is 0.827. The molecule has 0 fully saturated rings. The van der Waals surface area contributed by atoms with Crippen molar-refractivity contribution in [2.24, 2.45) is 0 Å². The van der Waals surface area contributed by atoms with Crippen molar-refractivity contribution in [3.8, 4) is 0 Å². The number of hydrogen-bond acceptors (Lipinski definition) is 3. The van der Waals surface area contributed by atoms with E-state index in [2.05, 4.69) is 11.9 Å². The molecule has 0 aliphatic rings. The Hall–Kier alpha value is -2.60. The zero-order valence-corrected chi connectivity index (χ0v) is 13.6. The number of benzene rings is 2. The molecule has 0 heterocycles. The van der Waals surface area contributed by atoms with Crippen LogP contribution in [0, 0.1) is 0 Å². The van der Waals surface area contributed by atoms with Crippen molar-refractivity contribution in [3.63, 3.8) is 0 Å². The van der Waals surface area contributed by atoms with Gasteiger partial charge in [0.2, 0.25) is 0 Å². The van der Waals surface area contributed by atoms with Crippen LogP contribution in [-0.4, -0.2) is 27.9 Å². The first-order valence-corrected chi connectivity index (χ1v) is 8.44. The number of para-hydroxylation sites is 1. The van der Waals surface area contributed by atoms with E-state index in [4.69, 9.17) is 0 Å². The summed E-state index contributed by atoms with van der Waals surface area (Å²) in [6, 6.07) is 14.6. The molecule has 0 aliphatic carbocycles. The number of amides is 1. The van der Waals surface area contributed by atoms with Crippen molar-refractivity contribution < 1.29 is 13.2 Å². The van der Waals surface area contributed by atoms with Crippen molar-refractivity contribution in [3.05, 3.63) is 72.8 Å². The van der Waals surface area contributed by atoms with Crippen molar-refractivity contribution >= 4 is 21.6 Å². The number of nitrogens with one attached hydrogen (secondary N) is 1. The third-order valence-corrected chi connectivity index (χ3v) is 5.10. The largest absolute Gasteiger partial charge is 0.349 e. The monoisotopic (exact) mass is 330 g/mol. The summed E-state index contributed by atoms with van der Waals surface area (Å²) in [5, 5.41) is 2.64. The first-order chi connectivity index (χ1) is 11.0. The molecular weight excluding hydrogens is 312 g/mol. The van der Waals surface area contributed by atoms with Gasteiger partial charge in [-0.2, -0.15) is 0 Å². The number of rotatable bonds is 6. The Bertz CT molecular complexity index is 784. The molecule has 0 aromatic heterocycles. The van der Waals surface area contributed by atoms with Gasteiger partial charge in [0.15, 0.2) is 0 Å².